The maximum absolute atomic E-state index is 12.4. The normalized spacial score (nSPS) is 22.7. The Hall–Kier alpha value is -5.65. The topological polar surface area (TPSA) is 189 Å². The van der Waals surface area contributed by atoms with E-state index in [4.69, 9.17) is 14.2 Å². The average Bonchev–Trinajstić information content (AvgIpc) is 2.99. The highest BCUT2D eigenvalue weighted by atomic mass is 16.7. The monoisotopic (exact) mass is 599 g/mol. The number of benzene rings is 4. The Balaban J connectivity index is 1.47. The van der Waals surface area contributed by atoms with Gasteiger partial charge in [0.1, 0.15) is 23.4 Å². The van der Waals surface area contributed by atoms with Gasteiger partial charge in [-0.2, -0.15) is 0 Å². The summed E-state index contributed by atoms with van der Waals surface area (Å²) in [6.45, 7) is 0. The number of carboxylic acids is 1. The van der Waals surface area contributed by atoms with Gasteiger partial charge in [0, 0.05) is 34.7 Å². The number of phenolic OH excluding ortho intramolecular Hbond substituents is 4. The lowest BCUT2D eigenvalue weighted by molar-refractivity contribution is -0.385. The Morgan fingerprint density at radius 1 is 0.886 bits per heavy atom. The molecular weight excluding hydrogens is 574 g/mol. The molecule has 4 aromatic carbocycles. The van der Waals surface area contributed by atoms with Crippen LogP contribution in [-0.4, -0.2) is 36.4 Å². The van der Waals surface area contributed by atoms with Crippen molar-refractivity contribution in [2.75, 3.05) is 0 Å². The summed E-state index contributed by atoms with van der Waals surface area (Å²) in [5, 5.41) is 62.3. The van der Waals surface area contributed by atoms with Gasteiger partial charge >= 0.3 is 5.97 Å². The van der Waals surface area contributed by atoms with Crippen molar-refractivity contribution in [3.63, 3.8) is 0 Å². The molecule has 0 spiro atoms. The van der Waals surface area contributed by atoms with E-state index in [1.807, 2.05) is 6.07 Å². The fourth-order valence-electron chi connectivity index (χ4n) is 6.60. The summed E-state index contributed by atoms with van der Waals surface area (Å²) >= 11 is 0. The first-order chi connectivity index (χ1) is 21.1. The Kier molecular flexibility index (Phi) is 5.99. The quantitative estimate of drug-likeness (QED) is 0.113. The molecule has 12 heteroatoms. The molecule has 2 bridgehead atoms. The van der Waals surface area contributed by atoms with E-state index in [1.165, 1.54) is 48.5 Å². The van der Waals surface area contributed by atoms with Crippen LogP contribution in [0.25, 0.3) is 0 Å². The van der Waals surface area contributed by atoms with E-state index in [9.17, 15) is 40.4 Å². The van der Waals surface area contributed by atoms with Crippen LogP contribution in [0.15, 0.2) is 66.7 Å². The second-order valence-corrected chi connectivity index (χ2v) is 11.1. The zero-order valence-corrected chi connectivity index (χ0v) is 22.8. The molecule has 12 nitrogen and oxygen atoms in total. The first-order valence-electron chi connectivity index (χ1n) is 13.8. The third kappa shape index (κ3) is 4.09. The van der Waals surface area contributed by atoms with Crippen LogP contribution in [0.4, 0.5) is 5.69 Å². The van der Waals surface area contributed by atoms with Gasteiger partial charge in [-0.05, 0) is 66.4 Å². The minimum Gasteiger partial charge on any atom is -0.504 e. The molecule has 0 radical (unpaired) electrons. The number of carbonyl (C=O) groups is 1. The lowest BCUT2D eigenvalue weighted by atomic mass is 9.68. The van der Waals surface area contributed by atoms with E-state index >= 15 is 0 Å². The lowest BCUT2D eigenvalue weighted by Gasteiger charge is -2.52. The number of aromatic hydroxyl groups is 4. The maximum atomic E-state index is 12.4. The summed E-state index contributed by atoms with van der Waals surface area (Å²) in [6.07, 6.45) is 0.0681. The fraction of sp³-hybridized carbons (Fsp3) is 0.219. The van der Waals surface area contributed by atoms with Crippen molar-refractivity contribution in [3.05, 3.63) is 105 Å². The second kappa shape index (κ2) is 9.69. The summed E-state index contributed by atoms with van der Waals surface area (Å²) < 4.78 is 19.6. The third-order valence-electron chi connectivity index (χ3n) is 8.58. The second-order valence-electron chi connectivity index (χ2n) is 11.1. The zero-order chi connectivity index (χ0) is 30.9. The molecule has 0 aliphatic carbocycles. The number of phenols is 4. The number of rotatable bonds is 5. The molecule has 7 rings (SSSR count). The van der Waals surface area contributed by atoms with Crippen LogP contribution in [0.5, 0.6) is 40.2 Å². The first-order valence-corrected chi connectivity index (χ1v) is 13.8. The standard InChI is InChI=1S/C32H25NO11/c34-21-6-1-16(11-23(21)36)25-8-2-15-3-9-27-30(31(15)42-25)29-19-13-18(33(40)41)5-10-26(19)43-32(44-27,20(29)14-28(38)39)17-4-7-22(35)24(37)12-17/h1,3-7,9-13,20,25,29,34-37H,2,8,14H2,(H,38,39)/t20-,25+,29+,32+/m0/s1. The summed E-state index contributed by atoms with van der Waals surface area (Å²) in [6, 6.07) is 16.0. The average molecular weight is 600 g/mol. The van der Waals surface area contributed by atoms with E-state index in [0.717, 1.165) is 5.56 Å². The summed E-state index contributed by atoms with van der Waals surface area (Å²) in [4.78, 5) is 23.7. The van der Waals surface area contributed by atoms with Crippen molar-refractivity contribution < 1.29 is 49.5 Å². The number of fused-ring (bicyclic) bond motifs is 8. The van der Waals surface area contributed by atoms with Crippen LogP contribution in [0.2, 0.25) is 0 Å². The molecule has 4 atom stereocenters. The van der Waals surface area contributed by atoms with Crippen molar-refractivity contribution >= 4 is 11.7 Å². The third-order valence-corrected chi connectivity index (χ3v) is 8.58. The highest BCUT2D eigenvalue weighted by Crippen LogP contribution is 2.63. The van der Waals surface area contributed by atoms with Crippen molar-refractivity contribution in [1.29, 1.82) is 0 Å². The van der Waals surface area contributed by atoms with Crippen molar-refractivity contribution in [2.24, 2.45) is 5.92 Å². The van der Waals surface area contributed by atoms with Gasteiger partial charge in [0.15, 0.2) is 23.0 Å². The van der Waals surface area contributed by atoms with Gasteiger partial charge in [0.05, 0.1) is 17.3 Å². The summed E-state index contributed by atoms with van der Waals surface area (Å²) in [5.74, 6) is -5.35. The highest BCUT2D eigenvalue weighted by Gasteiger charge is 2.59. The molecule has 3 aliphatic rings. The number of non-ortho nitro benzene ring substituents is 1. The molecule has 0 aromatic heterocycles. The number of aryl methyl sites for hydroxylation is 1. The fourth-order valence-corrected chi connectivity index (χ4v) is 6.60. The first kappa shape index (κ1) is 27.2. The number of nitro benzene ring substituents is 1. The van der Waals surface area contributed by atoms with Crippen LogP contribution >= 0.6 is 0 Å². The molecule has 5 N–H and O–H groups in total. The van der Waals surface area contributed by atoms with Gasteiger partial charge in [-0.15, -0.1) is 0 Å². The smallest absolute Gasteiger partial charge is 0.303 e. The summed E-state index contributed by atoms with van der Waals surface area (Å²) in [7, 11) is 0. The van der Waals surface area contributed by atoms with Crippen LogP contribution in [0.1, 0.15) is 52.7 Å². The molecule has 4 aromatic rings. The largest absolute Gasteiger partial charge is 0.504 e. The minimum atomic E-state index is -1.81. The Labute approximate surface area is 249 Å². The molecule has 44 heavy (non-hydrogen) atoms. The molecular formula is C32H25NO11. The number of hydrogen-bond acceptors (Lipinski definition) is 10. The predicted octanol–water partition coefficient (Wildman–Crippen LogP) is 5.34. The van der Waals surface area contributed by atoms with Gasteiger partial charge < -0.3 is 39.7 Å². The van der Waals surface area contributed by atoms with E-state index in [2.05, 4.69) is 0 Å². The number of aliphatic carboxylic acids is 1. The molecule has 224 valence electrons. The van der Waals surface area contributed by atoms with Gasteiger partial charge in [-0.1, -0.05) is 12.1 Å². The van der Waals surface area contributed by atoms with Gasteiger partial charge in [-0.25, -0.2) is 0 Å². The SMILES string of the molecule is O=C(O)C[C@H]1[C@H]2c3cc([N+](=O)[O-])ccc3O[C@]1(c1ccc(O)c(O)c1)Oc1ccc3c(c12)O[C@@H](c1ccc(O)c(O)c1)CC3. The van der Waals surface area contributed by atoms with Crippen LogP contribution in [-0.2, 0) is 17.0 Å². The lowest BCUT2D eigenvalue weighted by Crippen LogP contribution is -2.54. The van der Waals surface area contributed by atoms with E-state index in [-0.39, 0.29) is 34.2 Å². The summed E-state index contributed by atoms with van der Waals surface area (Å²) in [5.41, 5.74) is 2.30. The highest BCUT2D eigenvalue weighted by molar-refractivity contribution is 5.70. The number of ether oxygens (including phenoxy) is 3. The van der Waals surface area contributed by atoms with Crippen molar-refractivity contribution in [3.8, 4) is 40.2 Å². The molecule has 0 saturated heterocycles. The Bertz CT molecular complexity index is 1870. The molecule has 0 unspecified atom stereocenters. The van der Waals surface area contributed by atoms with E-state index in [1.54, 1.807) is 12.1 Å². The van der Waals surface area contributed by atoms with Crippen molar-refractivity contribution in [2.45, 2.75) is 37.1 Å². The molecule has 0 saturated carbocycles. The number of nitrogens with zero attached hydrogens (tertiary/aromatic N) is 1. The maximum Gasteiger partial charge on any atom is 0.303 e. The predicted molar refractivity (Wildman–Crippen MR) is 151 cm³/mol. The number of carboxylic acid groups (broad SMARTS) is 1. The van der Waals surface area contributed by atoms with Crippen LogP contribution in [0, 0.1) is 16.0 Å². The molecule has 3 aliphatic heterocycles. The molecule has 3 heterocycles. The minimum absolute atomic E-state index is 0.215. The van der Waals surface area contributed by atoms with Crippen molar-refractivity contribution in [1.82, 2.24) is 0 Å². The van der Waals surface area contributed by atoms with Crippen LogP contribution in [0.3, 0.4) is 0 Å². The zero-order valence-electron chi connectivity index (χ0n) is 22.8. The van der Waals surface area contributed by atoms with E-state index in [0.29, 0.717) is 35.3 Å². The van der Waals surface area contributed by atoms with Gasteiger partial charge in [0.2, 0.25) is 0 Å². The van der Waals surface area contributed by atoms with Crippen LogP contribution < -0.4 is 14.2 Å². The Morgan fingerprint density at radius 2 is 1.59 bits per heavy atom. The Morgan fingerprint density at radius 3 is 2.30 bits per heavy atom. The number of nitro groups is 1. The number of hydrogen-bond donors (Lipinski definition) is 5. The van der Waals surface area contributed by atoms with E-state index < -0.39 is 52.5 Å². The van der Waals surface area contributed by atoms with Gasteiger partial charge in [-0.3, -0.25) is 14.9 Å². The molecule has 0 fully saturated rings. The molecule has 0 amide bonds. The van der Waals surface area contributed by atoms with Gasteiger partial charge in [0.25, 0.3) is 11.5 Å².